The fraction of sp³-hybridized carbons (Fsp3) is 0.533. The molecule has 4 rings (SSSR count). The molecule has 0 bridgehead atoms. The molecule has 3 aromatic rings. The Bertz CT molecular complexity index is 1170. The Balaban J connectivity index is 1.72. The summed E-state index contributed by atoms with van der Waals surface area (Å²) in [6, 6.07) is 14.9. The molecule has 1 aromatic heterocycles. The van der Waals surface area contributed by atoms with Crippen LogP contribution in [0.25, 0.3) is 11.0 Å². The first-order valence-electron chi connectivity index (χ1n) is 13.4. The predicted molar refractivity (Wildman–Crippen MR) is 146 cm³/mol. The summed E-state index contributed by atoms with van der Waals surface area (Å²) in [5.41, 5.74) is 4.18. The van der Waals surface area contributed by atoms with Crippen molar-refractivity contribution in [2.45, 2.75) is 78.9 Å². The summed E-state index contributed by atoms with van der Waals surface area (Å²) < 4.78 is 13.1. The highest BCUT2D eigenvalue weighted by Gasteiger charge is 2.34. The average molecular weight is 492 g/mol. The van der Waals surface area contributed by atoms with Gasteiger partial charge >= 0.3 is 5.97 Å². The van der Waals surface area contributed by atoms with Crippen molar-refractivity contribution < 1.29 is 14.3 Å². The molecule has 1 heterocycles. The SMILES string of the molecule is COC(=O)CCc1ccc2c(c1)nc(Nc1ccc(OC(C)C)cc1)n2[C@@H]1C[C@H](C)CCC1C(C)C. The lowest BCUT2D eigenvalue weighted by molar-refractivity contribution is -0.140. The van der Waals surface area contributed by atoms with Crippen LogP contribution >= 0.6 is 0 Å². The number of nitrogens with zero attached hydrogens (tertiary/aromatic N) is 2. The Hall–Kier alpha value is -3.02. The van der Waals surface area contributed by atoms with Crippen LogP contribution in [0.4, 0.5) is 11.6 Å². The van der Waals surface area contributed by atoms with Crippen molar-refractivity contribution in [3.63, 3.8) is 0 Å². The van der Waals surface area contributed by atoms with E-state index in [4.69, 9.17) is 14.5 Å². The second kappa shape index (κ2) is 11.4. The van der Waals surface area contributed by atoms with E-state index in [-0.39, 0.29) is 12.1 Å². The third kappa shape index (κ3) is 6.03. The van der Waals surface area contributed by atoms with E-state index in [0.29, 0.717) is 36.6 Å². The molecule has 0 amide bonds. The Labute approximate surface area is 215 Å². The summed E-state index contributed by atoms with van der Waals surface area (Å²) in [5.74, 6) is 3.42. The maximum Gasteiger partial charge on any atom is 0.305 e. The van der Waals surface area contributed by atoms with Gasteiger partial charge in [-0.1, -0.05) is 33.3 Å². The predicted octanol–water partition coefficient (Wildman–Crippen LogP) is 7.31. The topological polar surface area (TPSA) is 65.4 Å². The molecule has 1 aliphatic rings. The van der Waals surface area contributed by atoms with Crippen molar-refractivity contribution >= 4 is 28.6 Å². The minimum absolute atomic E-state index is 0.141. The van der Waals surface area contributed by atoms with Gasteiger partial charge < -0.3 is 19.4 Å². The third-order valence-electron chi connectivity index (χ3n) is 7.40. The molecule has 1 unspecified atom stereocenters. The Morgan fingerprint density at radius 2 is 1.86 bits per heavy atom. The fourth-order valence-corrected chi connectivity index (χ4v) is 5.54. The summed E-state index contributed by atoms with van der Waals surface area (Å²) in [6.45, 7) is 11.1. The first-order chi connectivity index (χ1) is 17.2. The number of imidazole rings is 1. The highest BCUT2D eigenvalue weighted by Crippen LogP contribution is 2.44. The van der Waals surface area contributed by atoms with Crippen LogP contribution in [-0.2, 0) is 16.0 Å². The number of benzene rings is 2. The maximum absolute atomic E-state index is 11.7. The van der Waals surface area contributed by atoms with Gasteiger partial charge in [0.2, 0.25) is 5.95 Å². The van der Waals surface area contributed by atoms with Gasteiger partial charge in [0.1, 0.15) is 5.75 Å². The van der Waals surface area contributed by atoms with Crippen molar-refractivity contribution in [1.29, 1.82) is 0 Å². The molecule has 6 heteroatoms. The second-order valence-electron chi connectivity index (χ2n) is 10.9. The summed E-state index contributed by atoms with van der Waals surface area (Å²) in [4.78, 5) is 16.8. The Morgan fingerprint density at radius 3 is 2.53 bits per heavy atom. The molecule has 0 aliphatic heterocycles. The lowest BCUT2D eigenvalue weighted by Crippen LogP contribution is -2.30. The first kappa shape index (κ1) is 26.1. The molecule has 1 aliphatic carbocycles. The van der Waals surface area contributed by atoms with Crippen LogP contribution < -0.4 is 10.1 Å². The van der Waals surface area contributed by atoms with E-state index in [1.165, 1.54) is 20.0 Å². The Kier molecular flexibility index (Phi) is 8.22. The zero-order valence-electron chi connectivity index (χ0n) is 22.6. The summed E-state index contributed by atoms with van der Waals surface area (Å²) >= 11 is 0. The number of aromatic nitrogens is 2. The zero-order valence-corrected chi connectivity index (χ0v) is 22.6. The van der Waals surface area contributed by atoms with Gasteiger partial charge in [-0.05, 0) is 92.8 Å². The van der Waals surface area contributed by atoms with E-state index in [2.05, 4.69) is 48.9 Å². The molecule has 36 heavy (non-hydrogen) atoms. The minimum atomic E-state index is -0.191. The number of carbonyl (C=O) groups is 1. The zero-order chi connectivity index (χ0) is 25.8. The molecular weight excluding hydrogens is 450 g/mol. The third-order valence-corrected chi connectivity index (χ3v) is 7.40. The van der Waals surface area contributed by atoms with Crippen LogP contribution in [0.3, 0.4) is 0 Å². The number of esters is 1. The fourth-order valence-electron chi connectivity index (χ4n) is 5.54. The standard InChI is InChI=1S/C30H41N3O3/c1-19(2)25-14-7-21(5)17-28(25)33-27-15-8-22(9-16-29(34)35-6)18-26(27)32-30(33)31-23-10-12-24(13-11-23)36-20(3)4/h8,10-13,15,18-21,25,28H,7,9,14,16-17H2,1-6H3,(H,31,32)/t21-,25?,28-/m1/s1. The van der Waals surface area contributed by atoms with E-state index < -0.39 is 0 Å². The molecule has 6 nitrogen and oxygen atoms in total. The van der Waals surface area contributed by atoms with Crippen molar-refractivity contribution in [2.24, 2.45) is 17.8 Å². The van der Waals surface area contributed by atoms with Crippen molar-refractivity contribution in [3.05, 3.63) is 48.0 Å². The van der Waals surface area contributed by atoms with Crippen molar-refractivity contribution in [2.75, 3.05) is 12.4 Å². The van der Waals surface area contributed by atoms with Crippen molar-refractivity contribution in [1.82, 2.24) is 9.55 Å². The number of anilines is 2. The number of aryl methyl sites for hydroxylation is 1. The normalized spacial score (nSPS) is 20.2. The number of carbonyl (C=O) groups excluding carboxylic acids is 1. The number of rotatable bonds is 9. The van der Waals surface area contributed by atoms with Gasteiger partial charge in [-0.3, -0.25) is 4.79 Å². The summed E-state index contributed by atoms with van der Waals surface area (Å²) in [7, 11) is 1.43. The summed E-state index contributed by atoms with van der Waals surface area (Å²) in [5, 5.41) is 3.62. The number of ether oxygens (including phenoxy) is 2. The van der Waals surface area contributed by atoms with Crippen LogP contribution in [-0.4, -0.2) is 28.7 Å². The first-order valence-corrected chi connectivity index (χ1v) is 13.4. The van der Waals surface area contributed by atoms with Gasteiger partial charge in [-0.2, -0.15) is 0 Å². The van der Waals surface area contributed by atoms with Gasteiger partial charge in [-0.15, -0.1) is 0 Å². The highest BCUT2D eigenvalue weighted by atomic mass is 16.5. The largest absolute Gasteiger partial charge is 0.491 e. The smallest absolute Gasteiger partial charge is 0.305 e. The number of hydrogen-bond donors (Lipinski definition) is 1. The number of hydrogen-bond acceptors (Lipinski definition) is 5. The molecule has 0 radical (unpaired) electrons. The quantitative estimate of drug-likeness (QED) is 0.318. The molecule has 3 atom stereocenters. The number of fused-ring (bicyclic) bond motifs is 1. The van der Waals surface area contributed by atoms with E-state index in [9.17, 15) is 4.79 Å². The molecule has 1 N–H and O–H groups in total. The monoisotopic (exact) mass is 491 g/mol. The molecule has 1 saturated carbocycles. The molecule has 194 valence electrons. The van der Waals surface area contributed by atoms with Crippen LogP contribution in [0.5, 0.6) is 5.75 Å². The summed E-state index contributed by atoms with van der Waals surface area (Å²) in [6.07, 6.45) is 4.82. The average Bonchev–Trinajstić information content (AvgIpc) is 3.19. The van der Waals surface area contributed by atoms with Crippen molar-refractivity contribution in [3.8, 4) is 5.75 Å². The molecule has 2 aromatic carbocycles. The molecule has 0 spiro atoms. The van der Waals surface area contributed by atoms with Gasteiger partial charge in [0.15, 0.2) is 0 Å². The van der Waals surface area contributed by atoms with Crippen LogP contribution in [0, 0.1) is 17.8 Å². The molecule has 1 fully saturated rings. The number of methoxy groups -OCH3 is 1. The van der Waals surface area contributed by atoms with E-state index in [1.54, 1.807) is 0 Å². The van der Waals surface area contributed by atoms with Crippen LogP contribution in [0.15, 0.2) is 42.5 Å². The lowest BCUT2D eigenvalue weighted by atomic mass is 9.74. The van der Waals surface area contributed by atoms with Crippen LogP contribution in [0.1, 0.15) is 71.9 Å². The maximum atomic E-state index is 11.7. The number of nitrogens with one attached hydrogen (secondary N) is 1. The highest BCUT2D eigenvalue weighted by molar-refractivity contribution is 5.81. The Morgan fingerprint density at radius 1 is 1.11 bits per heavy atom. The van der Waals surface area contributed by atoms with E-state index in [0.717, 1.165) is 40.4 Å². The van der Waals surface area contributed by atoms with Gasteiger partial charge in [0, 0.05) is 18.2 Å². The van der Waals surface area contributed by atoms with Crippen LogP contribution in [0.2, 0.25) is 0 Å². The molecule has 0 saturated heterocycles. The van der Waals surface area contributed by atoms with Gasteiger partial charge in [0.25, 0.3) is 0 Å². The molecular formula is C30H41N3O3. The lowest BCUT2D eigenvalue weighted by Gasteiger charge is -2.39. The van der Waals surface area contributed by atoms with E-state index in [1.807, 2.05) is 38.1 Å². The van der Waals surface area contributed by atoms with E-state index >= 15 is 0 Å². The van der Waals surface area contributed by atoms with Gasteiger partial charge in [0.05, 0.1) is 24.2 Å². The van der Waals surface area contributed by atoms with Gasteiger partial charge in [-0.25, -0.2) is 4.98 Å². The second-order valence-corrected chi connectivity index (χ2v) is 10.9. The minimum Gasteiger partial charge on any atom is -0.491 e.